The molecule has 0 aliphatic rings. The molecule has 0 amide bonds. The van der Waals surface area contributed by atoms with Crippen LogP contribution in [0, 0.1) is 5.82 Å². The highest BCUT2D eigenvalue weighted by Crippen LogP contribution is 2.31. The van der Waals surface area contributed by atoms with Crippen molar-refractivity contribution in [2.45, 2.75) is 12.7 Å². The number of halogens is 5. The Morgan fingerprint density at radius 3 is 2.54 bits per heavy atom. The number of esters is 1. The highest BCUT2D eigenvalue weighted by Gasteiger charge is 2.34. The molecule has 11 nitrogen and oxygen atoms in total. The molecule has 0 bridgehead atoms. The van der Waals surface area contributed by atoms with E-state index in [9.17, 15) is 35.6 Å². The molecule has 0 aliphatic heterocycles. The number of benzene rings is 1. The summed E-state index contributed by atoms with van der Waals surface area (Å²) in [6, 6.07) is 5.48. The fourth-order valence-corrected chi connectivity index (χ4v) is 4.29. The van der Waals surface area contributed by atoms with Crippen LogP contribution in [0.2, 0.25) is 5.02 Å². The van der Waals surface area contributed by atoms with E-state index in [0.717, 1.165) is 40.9 Å². The number of nitrogens with one attached hydrogen (secondary N) is 1. The number of rotatable bonds is 8. The number of carbonyl (C=O) groups excluding carboxylic acids is 1. The number of anilines is 2. The third-order valence-electron chi connectivity index (χ3n) is 5.55. The summed E-state index contributed by atoms with van der Waals surface area (Å²) in [5.41, 5.74) is -2.21. The number of carbonyl (C=O) groups is 1. The lowest BCUT2D eigenvalue weighted by Gasteiger charge is -2.15. The van der Waals surface area contributed by atoms with E-state index in [2.05, 4.69) is 25.1 Å². The molecule has 0 spiro atoms. The molecule has 17 heteroatoms. The Hall–Kier alpha value is -4.31. The maximum Gasteiger partial charge on any atom is 0.435 e. The number of nitrogens with zero attached hydrogens (tertiary/aromatic N) is 5. The van der Waals surface area contributed by atoms with Crippen LogP contribution in [0.5, 0.6) is 0 Å². The van der Waals surface area contributed by atoms with Crippen LogP contribution in [0.15, 0.2) is 53.7 Å². The van der Waals surface area contributed by atoms with Gasteiger partial charge in [-0.15, -0.1) is 0 Å². The molecular weight excluding hydrogens is 596 g/mol. The maximum atomic E-state index is 13.6. The highest BCUT2D eigenvalue weighted by atomic mass is 35.5. The summed E-state index contributed by atoms with van der Waals surface area (Å²) in [5, 5.41) is 6.11. The second-order valence-corrected chi connectivity index (χ2v) is 11.3. The van der Waals surface area contributed by atoms with Gasteiger partial charge in [-0.05, 0) is 30.3 Å². The van der Waals surface area contributed by atoms with Gasteiger partial charge < -0.3 is 14.6 Å². The Bertz CT molecular complexity index is 1810. The third-order valence-corrected chi connectivity index (χ3v) is 6.76. The molecule has 3 heterocycles. The fraction of sp³-hybridized carbons (Fsp3) is 0.208. The zero-order valence-corrected chi connectivity index (χ0v) is 22.7. The van der Waals surface area contributed by atoms with Crippen LogP contribution in [0.25, 0.3) is 16.9 Å². The van der Waals surface area contributed by atoms with Crippen molar-refractivity contribution in [1.82, 2.24) is 24.3 Å². The van der Waals surface area contributed by atoms with Crippen molar-refractivity contribution in [3.05, 3.63) is 81.4 Å². The fourth-order valence-electron chi connectivity index (χ4n) is 3.58. The Labute approximate surface area is 234 Å². The van der Waals surface area contributed by atoms with Gasteiger partial charge in [0, 0.05) is 48.2 Å². The molecular formula is C24H19ClF4N6O5S. The Kier molecular flexibility index (Phi) is 8.17. The number of ether oxygens (including phenoxy) is 1. The molecule has 0 fully saturated rings. The van der Waals surface area contributed by atoms with Crippen LogP contribution in [0.1, 0.15) is 16.1 Å². The van der Waals surface area contributed by atoms with Gasteiger partial charge in [-0.1, -0.05) is 11.6 Å². The van der Waals surface area contributed by atoms with E-state index in [4.69, 9.17) is 11.6 Å². The molecule has 4 rings (SSSR count). The molecule has 0 aliphatic carbocycles. The van der Waals surface area contributed by atoms with E-state index in [1.165, 1.54) is 24.5 Å². The van der Waals surface area contributed by atoms with Gasteiger partial charge in [-0.25, -0.2) is 27.3 Å². The maximum absolute atomic E-state index is 13.6. The van der Waals surface area contributed by atoms with E-state index in [1.807, 2.05) is 0 Å². The average molecular weight is 615 g/mol. The Morgan fingerprint density at radius 1 is 1.20 bits per heavy atom. The van der Waals surface area contributed by atoms with Gasteiger partial charge in [-0.3, -0.25) is 4.79 Å². The molecule has 216 valence electrons. The van der Waals surface area contributed by atoms with Crippen LogP contribution < -0.4 is 10.9 Å². The summed E-state index contributed by atoms with van der Waals surface area (Å²) in [6.45, 7) is -0.337. The van der Waals surface area contributed by atoms with Crippen molar-refractivity contribution in [1.29, 1.82) is 0 Å². The smallest absolute Gasteiger partial charge is 0.435 e. The summed E-state index contributed by atoms with van der Waals surface area (Å²) in [5.74, 6) is -2.52. The van der Waals surface area contributed by atoms with Crippen molar-refractivity contribution in [2.24, 2.45) is 0 Å². The first-order chi connectivity index (χ1) is 19.2. The first-order valence-corrected chi connectivity index (χ1v) is 13.8. The lowest BCUT2D eigenvalue weighted by Crippen LogP contribution is -2.29. The average Bonchev–Trinajstić information content (AvgIpc) is 3.40. The van der Waals surface area contributed by atoms with Crippen LogP contribution >= 0.6 is 11.6 Å². The quantitative estimate of drug-likeness (QED) is 0.231. The van der Waals surface area contributed by atoms with E-state index < -0.39 is 50.4 Å². The van der Waals surface area contributed by atoms with Gasteiger partial charge in [0.15, 0.2) is 11.5 Å². The summed E-state index contributed by atoms with van der Waals surface area (Å²) < 4.78 is 83.5. The van der Waals surface area contributed by atoms with Gasteiger partial charge in [-0.2, -0.15) is 23.3 Å². The van der Waals surface area contributed by atoms with Crippen LogP contribution in [-0.2, 0) is 27.3 Å². The second kappa shape index (κ2) is 11.3. The molecule has 3 aromatic heterocycles. The molecule has 0 radical (unpaired) electrons. The second-order valence-electron chi connectivity index (χ2n) is 8.59. The van der Waals surface area contributed by atoms with Crippen molar-refractivity contribution in [3.8, 4) is 16.9 Å². The van der Waals surface area contributed by atoms with Crippen LogP contribution in [0.4, 0.5) is 29.2 Å². The molecule has 4 aromatic rings. The van der Waals surface area contributed by atoms with Crippen molar-refractivity contribution in [2.75, 3.05) is 24.4 Å². The summed E-state index contributed by atoms with van der Waals surface area (Å²) >= 11 is 5.81. The van der Waals surface area contributed by atoms with Crippen LogP contribution in [-0.4, -0.2) is 57.8 Å². The summed E-state index contributed by atoms with van der Waals surface area (Å²) in [7, 11) is -2.49. The minimum Gasteiger partial charge on any atom is -0.465 e. The number of aryl methyl sites for hydroxylation is 1. The zero-order chi connectivity index (χ0) is 30.1. The number of sulfone groups is 1. The molecule has 0 unspecified atom stereocenters. The SMILES string of the molecule is COC(=O)c1cc(-c2cnc(Nc3ccc(F)c(Cl)c3)nc2-n2ccc(C(F)(F)F)n2)cn(CCS(C)(=O)=O)c1=O. The molecule has 1 aromatic carbocycles. The summed E-state index contributed by atoms with van der Waals surface area (Å²) in [4.78, 5) is 33.7. The predicted molar refractivity (Wildman–Crippen MR) is 140 cm³/mol. The monoisotopic (exact) mass is 614 g/mol. The number of alkyl halides is 3. The Morgan fingerprint density at radius 2 is 1.93 bits per heavy atom. The van der Waals surface area contributed by atoms with E-state index in [-0.39, 0.29) is 40.1 Å². The standard InChI is InChI=1S/C24H19ClF4N6O5S/c1-40-22(37)15-9-13(12-34(21(15)36)7-8-41(2,38)39)16-11-30-23(31-14-3-4-18(26)17(25)10-14)32-20(16)35-6-5-19(33-35)24(27,28)29/h3-6,9-12H,7-8H2,1-2H3,(H,30,31,32). The van der Waals surface area contributed by atoms with Crippen molar-refractivity contribution < 1.29 is 35.5 Å². The van der Waals surface area contributed by atoms with Gasteiger partial charge in [0.2, 0.25) is 5.95 Å². The van der Waals surface area contributed by atoms with E-state index >= 15 is 0 Å². The minimum atomic E-state index is -4.78. The van der Waals surface area contributed by atoms with Gasteiger partial charge in [0.05, 0.1) is 17.9 Å². The van der Waals surface area contributed by atoms with Gasteiger partial charge >= 0.3 is 12.1 Å². The van der Waals surface area contributed by atoms with Gasteiger partial charge in [0.25, 0.3) is 5.56 Å². The topological polar surface area (TPSA) is 138 Å². The molecule has 1 N–H and O–H groups in total. The lowest BCUT2D eigenvalue weighted by atomic mass is 10.1. The molecule has 0 atom stereocenters. The largest absolute Gasteiger partial charge is 0.465 e. The van der Waals surface area contributed by atoms with Gasteiger partial charge in [0.1, 0.15) is 21.2 Å². The Balaban J connectivity index is 1.91. The normalized spacial score (nSPS) is 11.9. The third kappa shape index (κ3) is 6.89. The molecule has 41 heavy (non-hydrogen) atoms. The number of aromatic nitrogens is 5. The van der Waals surface area contributed by atoms with Crippen LogP contribution in [0.3, 0.4) is 0 Å². The highest BCUT2D eigenvalue weighted by molar-refractivity contribution is 7.90. The van der Waals surface area contributed by atoms with Crippen molar-refractivity contribution >= 4 is 39.0 Å². The summed E-state index contributed by atoms with van der Waals surface area (Å²) in [6.07, 6.45) is -0.421. The number of hydrogen-bond donors (Lipinski definition) is 1. The lowest BCUT2D eigenvalue weighted by molar-refractivity contribution is -0.141. The van der Waals surface area contributed by atoms with Crippen molar-refractivity contribution in [3.63, 3.8) is 0 Å². The number of pyridine rings is 1. The first kappa shape index (κ1) is 29.7. The first-order valence-electron chi connectivity index (χ1n) is 11.4. The van der Waals surface area contributed by atoms with E-state index in [1.54, 1.807) is 0 Å². The predicted octanol–water partition coefficient (Wildman–Crippen LogP) is 3.88. The molecule has 0 saturated carbocycles. The number of methoxy groups -OCH3 is 1. The number of hydrogen-bond acceptors (Lipinski definition) is 9. The minimum absolute atomic E-state index is 0.0165. The van der Waals surface area contributed by atoms with E-state index in [0.29, 0.717) is 6.07 Å². The zero-order valence-electron chi connectivity index (χ0n) is 21.1. The molecule has 0 saturated heterocycles.